The summed E-state index contributed by atoms with van der Waals surface area (Å²) in [7, 11) is 0. The molecule has 7 heteroatoms. The Morgan fingerprint density at radius 2 is 2.04 bits per heavy atom. The predicted molar refractivity (Wildman–Crippen MR) is 81.4 cm³/mol. The number of hydrogen-bond donors (Lipinski definition) is 2. The third-order valence-electron chi connectivity index (χ3n) is 3.73. The first kappa shape index (κ1) is 17.6. The first-order chi connectivity index (χ1) is 10.8. The maximum atomic E-state index is 12.4. The highest BCUT2D eigenvalue weighted by Crippen LogP contribution is 2.36. The number of aromatic hydroxyl groups is 1. The second-order valence-corrected chi connectivity index (χ2v) is 5.73. The minimum atomic E-state index is -4.76. The van der Waals surface area contributed by atoms with Crippen LogP contribution in [-0.4, -0.2) is 42.5 Å². The Morgan fingerprint density at radius 3 is 2.61 bits per heavy atom. The van der Waals surface area contributed by atoms with Crippen molar-refractivity contribution in [3.05, 3.63) is 35.9 Å². The van der Waals surface area contributed by atoms with Crippen molar-refractivity contribution in [1.29, 1.82) is 0 Å². The van der Waals surface area contributed by atoms with Crippen LogP contribution in [0.4, 0.5) is 13.2 Å². The third-order valence-corrected chi connectivity index (χ3v) is 3.73. The van der Waals surface area contributed by atoms with Crippen LogP contribution < -0.4 is 10.1 Å². The zero-order chi connectivity index (χ0) is 17.0. The summed E-state index contributed by atoms with van der Waals surface area (Å²) in [6, 6.07) is 3.39. The quantitative estimate of drug-likeness (QED) is 0.814. The van der Waals surface area contributed by atoms with Gasteiger partial charge in [-0.15, -0.1) is 19.8 Å². The van der Waals surface area contributed by atoms with E-state index >= 15 is 0 Å². The van der Waals surface area contributed by atoms with Gasteiger partial charge in [-0.25, -0.2) is 0 Å². The maximum Gasteiger partial charge on any atom is 0.573 e. The number of phenolic OH excluding ortho intramolecular Hbond substituents is 1. The molecule has 4 nitrogen and oxygen atoms in total. The number of alkyl halides is 3. The smallest absolute Gasteiger partial charge is 0.508 e. The SMILES string of the molecule is C=C(C)C[C@@H](c1cc(OC(F)(F)F)ccc1O)N1CCNCC1. The molecule has 1 atom stereocenters. The molecule has 1 aliphatic rings. The number of halogens is 3. The Bertz CT molecular complexity index is 555. The highest BCUT2D eigenvalue weighted by Gasteiger charge is 2.32. The van der Waals surface area contributed by atoms with Crippen molar-refractivity contribution in [2.45, 2.75) is 25.7 Å². The molecule has 1 heterocycles. The van der Waals surface area contributed by atoms with Crippen molar-refractivity contribution in [3.63, 3.8) is 0 Å². The van der Waals surface area contributed by atoms with Crippen LogP contribution in [0.5, 0.6) is 11.5 Å². The molecule has 0 saturated carbocycles. The first-order valence-corrected chi connectivity index (χ1v) is 7.44. The van der Waals surface area contributed by atoms with Crippen LogP contribution in [0.1, 0.15) is 24.9 Å². The molecular weight excluding hydrogens is 309 g/mol. The Hall–Kier alpha value is -1.73. The van der Waals surface area contributed by atoms with Crippen LogP contribution in [0.15, 0.2) is 30.4 Å². The van der Waals surface area contributed by atoms with E-state index in [1.165, 1.54) is 12.1 Å². The van der Waals surface area contributed by atoms with Gasteiger partial charge < -0.3 is 15.2 Å². The van der Waals surface area contributed by atoms with E-state index < -0.39 is 6.36 Å². The lowest BCUT2D eigenvalue weighted by molar-refractivity contribution is -0.274. The van der Waals surface area contributed by atoms with Crippen LogP contribution in [0.2, 0.25) is 0 Å². The van der Waals surface area contributed by atoms with Crippen molar-refractivity contribution < 1.29 is 23.0 Å². The average molecular weight is 330 g/mol. The zero-order valence-corrected chi connectivity index (χ0v) is 13.0. The fourth-order valence-corrected chi connectivity index (χ4v) is 2.76. The van der Waals surface area contributed by atoms with E-state index in [0.717, 1.165) is 37.8 Å². The van der Waals surface area contributed by atoms with Gasteiger partial charge in [-0.1, -0.05) is 5.57 Å². The van der Waals surface area contributed by atoms with Crippen molar-refractivity contribution in [2.24, 2.45) is 0 Å². The van der Waals surface area contributed by atoms with Crippen LogP contribution in [-0.2, 0) is 0 Å². The van der Waals surface area contributed by atoms with Crippen molar-refractivity contribution in [3.8, 4) is 11.5 Å². The number of nitrogens with zero attached hydrogens (tertiary/aromatic N) is 1. The van der Waals surface area contributed by atoms with Gasteiger partial charge in [0.2, 0.25) is 0 Å². The highest BCUT2D eigenvalue weighted by molar-refractivity contribution is 5.42. The second-order valence-electron chi connectivity index (χ2n) is 5.73. The number of nitrogens with one attached hydrogen (secondary N) is 1. The average Bonchev–Trinajstić information content (AvgIpc) is 2.46. The van der Waals surface area contributed by atoms with E-state index in [-0.39, 0.29) is 17.5 Å². The summed E-state index contributed by atoms with van der Waals surface area (Å²) < 4.78 is 41.2. The molecule has 1 saturated heterocycles. The number of phenols is 1. The summed E-state index contributed by atoms with van der Waals surface area (Å²) in [5.74, 6) is -0.364. The van der Waals surface area contributed by atoms with Gasteiger partial charge in [0.25, 0.3) is 0 Å². The third kappa shape index (κ3) is 5.14. The summed E-state index contributed by atoms with van der Waals surface area (Å²) in [5, 5.41) is 13.4. The zero-order valence-electron chi connectivity index (χ0n) is 13.0. The molecule has 23 heavy (non-hydrogen) atoms. The molecule has 0 aliphatic carbocycles. The Labute approximate surface area is 133 Å². The summed E-state index contributed by atoms with van der Waals surface area (Å²) >= 11 is 0. The first-order valence-electron chi connectivity index (χ1n) is 7.44. The lowest BCUT2D eigenvalue weighted by Crippen LogP contribution is -2.45. The standard InChI is InChI=1S/C16H21F3N2O2/c1-11(2)9-14(21-7-5-20-6-8-21)13-10-12(3-4-15(13)22)23-16(17,18)19/h3-4,10,14,20,22H,1,5-9H2,2H3/t14-/m0/s1. The van der Waals surface area contributed by atoms with Crippen molar-refractivity contribution in [2.75, 3.05) is 26.2 Å². The van der Waals surface area contributed by atoms with E-state index in [0.29, 0.717) is 12.0 Å². The van der Waals surface area contributed by atoms with E-state index in [1.54, 1.807) is 0 Å². The largest absolute Gasteiger partial charge is 0.573 e. The number of ether oxygens (including phenoxy) is 1. The van der Waals surface area contributed by atoms with Crippen LogP contribution in [0, 0.1) is 0 Å². The monoisotopic (exact) mass is 330 g/mol. The summed E-state index contributed by atoms with van der Waals surface area (Å²) in [6.45, 7) is 8.85. The van der Waals surface area contributed by atoms with Gasteiger partial charge in [-0.05, 0) is 31.5 Å². The molecule has 1 aromatic rings. The Balaban J connectivity index is 2.32. The van der Waals surface area contributed by atoms with Gasteiger partial charge in [0.05, 0.1) is 0 Å². The lowest BCUT2D eigenvalue weighted by Gasteiger charge is -2.35. The van der Waals surface area contributed by atoms with Gasteiger partial charge in [0, 0.05) is 37.8 Å². The predicted octanol–water partition coefficient (Wildman–Crippen LogP) is 3.20. The highest BCUT2D eigenvalue weighted by atomic mass is 19.4. The molecule has 2 rings (SSSR count). The minimum Gasteiger partial charge on any atom is -0.508 e. The molecule has 1 aromatic carbocycles. The van der Waals surface area contributed by atoms with Crippen LogP contribution in [0.3, 0.4) is 0 Å². The van der Waals surface area contributed by atoms with Gasteiger partial charge in [-0.2, -0.15) is 0 Å². The number of piperazine rings is 1. The Morgan fingerprint density at radius 1 is 1.39 bits per heavy atom. The fraction of sp³-hybridized carbons (Fsp3) is 0.500. The van der Waals surface area contributed by atoms with Crippen LogP contribution >= 0.6 is 0 Å². The molecule has 1 fully saturated rings. The summed E-state index contributed by atoms with van der Waals surface area (Å²) in [4.78, 5) is 2.14. The van der Waals surface area contributed by atoms with Gasteiger partial charge in [0.15, 0.2) is 0 Å². The molecule has 0 amide bonds. The van der Waals surface area contributed by atoms with Crippen molar-refractivity contribution >= 4 is 0 Å². The summed E-state index contributed by atoms with van der Waals surface area (Å²) in [6.07, 6.45) is -4.20. The van der Waals surface area contributed by atoms with Gasteiger partial charge in [-0.3, -0.25) is 4.90 Å². The molecular formula is C16H21F3N2O2. The molecule has 0 aromatic heterocycles. The topological polar surface area (TPSA) is 44.7 Å². The van der Waals surface area contributed by atoms with E-state index in [2.05, 4.69) is 21.5 Å². The second kappa shape index (κ2) is 7.23. The lowest BCUT2D eigenvalue weighted by atomic mass is 9.97. The Kier molecular flexibility index (Phi) is 5.54. The molecule has 128 valence electrons. The number of rotatable bonds is 5. The molecule has 2 N–H and O–H groups in total. The van der Waals surface area contributed by atoms with E-state index in [1.807, 2.05) is 6.92 Å². The van der Waals surface area contributed by atoms with E-state index in [9.17, 15) is 18.3 Å². The van der Waals surface area contributed by atoms with Crippen molar-refractivity contribution in [1.82, 2.24) is 10.2 Å². The number of hydrogen-bond acceptors (Lipinski definition) is 4. The van der Waals surface area contributed by atoms with Crippen LogP contribution in [0.25, 0.3) is 0 Å². The molecule has 1 aliphatic heterocycles. The summed E-state index contributed by atoms with van der Waals surface area (Å²) in [5.41, 5.74) is 1.33. The molecule has 0 spiro atoms. The molecule has 0 radical (unpaired) electrons. The normalized spacial score (nSPS) is 17.7. The van der Waals surface area contributed by atoms with Gasteiger partial charge in [0.1, 0.15) is 11.5 Å². The van der Waals surface area contributed by atoms with Gasteiger partial charge >= 0.3 is 6.36 Å². The maximum absolute atomic E-state index is 12.4. The fourth-order valence-electron chi connectivity index (χ4n) is 2.76. The van der Waals surface area contributed by atoms with E-state index in [4.69, 9.17) is 0 Å². The molecule has 0 bridgehead atoms. The minimum absolute atomic E-state index is 0.0377. The molecule has 0 unspecified atom stereocenters. The number of benzene rings is 1.